The molecule has 26 heavy (non-hydrogen) atoms. The Morgan fingerprint density at radius 2 is 1.92 bits per heavy atom. The molecule has 2 saturated heterocycles. The van der Waals surface area contributed by atoms with Gasteiger partial charge in [-0.1, -0.05) is 19.8 Å². The van der Waals surface area contributed by atoms with E-state index in [4.69, 9.17) is 0 Å². The first-order valence-electron chi connectivity index (χ1n) is 10.00. The number of hydrogen-bond donors (Lipinski definition) is 2. The van der Waals surface area contributed by atoms with Crippen molar-refractivity contribution in [2.24, 2.45) is 11.8 Å². The minimum Gasteiger partial charge on any atom is -0.354 e. The second kappa shape index (κ2) is 12.0. The van der Waals surface area contributed by atoms with Gasteiger partial charge in [0.1, 0.15) is 0 Å². The number of piperidine rings is 1. The lowest BCUT2D eigenvalue weighted by Gasteiger charge is -2.43. The zero-order chi connectivity index (χ0) is 16.8. The van der Waals surface area contributed by atoms with Crippen LogP contribution in [0.2, 0.25) is 0 Å². The predicted octanol–water partition coefficient (Wildman–Crippen LogP) is 3.33. The second-order valence-corrected chi connectivity index (χ2v) is 9.32. The van der Waals surface area contributed by atoms with E-state index in [9.17, 15) is 4.79 Å². The Kier molecular flexibility index (Phi) is 11.2. The topological polar surface area (TPSA) is 44.4 Å². The molecular formula is C19H37Cl2N3OS. The zero-order valence-electron chi connectivity index (χ0n) is 16.1. The Morgan fingerprint density at radius 3 is 2.54 bits per heavy atom. The van der Waals surface area contributed by atoms with Gasteiger partial charge in [0, 0.05) is 43.1 Å². The number of carbonyl (C=O) groups excluding carboxylic acids is 1. The number of thioether (sulfide) groups is 1. The van der Waals surface area contributed by atoms with Gasteiger partial charge in [-0.3, -0.25) is 9.69 Å². The maximum absolute atomic E-state index is 12.5. The summed E-state index contributed by atoms with van der Waals surface area (Å²) in [6, 6.07) is 0. The van der Waals surface area contributed by atoms with E-state index < -0.39 is 0 Å². The van der Waals surface area contributed by atoms with Gasteiger partial charge in [-0.15, -0.1) is 24.8 Å². The summed E-state index contributed by atoms with van der Waals surface area (Å²) in [6.45, 7) is 7.75. The average Bonchev–Trinajstić information content (AvgIpc) is 3.12. The Hall–Kier alpha value is 0.320. The van der Waals surface area contributed by atoms with Crippen molar-refractivity contribution in [2.75, 3.05) is 44.2 Å². The minimum absolute atomic E-state index is 0. The number of amides is 1. The van der Waals surface area contributed by atoms with Crippen LogP contribution in [-0.4, -0.2) is 60.6 Å². The van der Waals surface area contributed by atoms with Gasteiger partial charge in [0.05, 0.1) is 0 Å². The van der Waals surface area contributed by atoms with Crippen molar-refractivity contribution in [3.8, 4) is 0 Å². The van der Waals surface area contributed by atoms with Gasteiger partial charge in [-0.25, -0.2) is 0 Å². The number of carbonyl (C=O) groups is 1. The van der Waals surface area contributed by atoms with E-state index >= 15 is 0 Å². The van der Waals surface area contributed by atoms with Crippen LogP contribution >= 0.6 is 36.6 Å². The van der Waals surface area contributed by atoms with E-state index in [-0.39, 0.29) is 36.3 Å². The molecule has 0 aromatic carbocycles. The Labute approximate surface area is 176 Å². The van der Waals surface area contributed by atoms with Crippen LogP contribution in [-0.2, 0) is 4.79 Å². The van der Waals surface area contributed by atoms with Crippen LogP contribution in [0.5, 0.6) is 0 Å². The predicted molar refractivity (Wildman–Crippen MR) is 117 cm³/mol. The number of halogens is 2. The van der Waals surface area contributed by atoms with Crippen molar-refractivity contribution in [1.82, 2.24) is 15.5 Å². The van der Waals surface area contributed by atoms with Crippen LogP contribution in [0.25, 0.3) is 0 Å². The van der Waals surface area contributed by atoms with Crippen molar-refractivity contribution < 1.29 is 4.79 Å². The van der Waals surface area contributed by atoms with Crippen LogP contribution < -0.4 is 10.6 Å². The third kappa shape index (κ3) is 6.44. The molecule has 3 fully saturated rings. The van der Waals surface area contributed by atoms with Gasteiger partial charge in [0.2, 0.25) is 5.91 Å². The molecule has 0 aromatic rings. The van der Waals surface area contributed by atoms with Crippen molar-refractivity contribution in [3.63, 3.8) is 0 Å². The fourth-order valence-corrected chi connectivity index (χ4v) is 5.74. The summed E-state index contributed by atoms with van der Waals surface area (Å²) >= 11 is 2.07. The molecule has 2 aliphatic heterocycles. The number of rotatable bonds is 6. The van der Waals surface area contributed by atoms with Gasteiger partial charge < -0.3 is 10.6 Å². The minimum atomic E-state index is 0. The molecule has 0 bridgehead atoms. The van der Waals surface area contributed by atoms with Crippen LogP contribution in [0.3, 0.4) is 0 Å². The summed E-state index contributed by atoms with van der Waals surface area (Å²) in [6.07, 6.45) is 8.40. The van der Waals surface area contributed by atoms with Gasteiger partial charge in [0.15, 0.2) is 0 Å². The van der Waals surface area contributed by atoms with Gasteiger partial charge in [-0.05, 0) is 50.6 Å². The molecule has 2 heterocycles. The molecule has 1 amide bonds. The highest BCUT2D eigenvalue weighted by Crippen LogP contribution is 2.36. The quantitative estimate of drug-likeness (QED) is 0.684. The standard InChI is InChI=1S/C19H35N3OS.2ClH/c1-16(17-5-4-8-20-14-17)13-18(23)21-15-19(6-2-3-7-19)22-9-11-24-12-10-22;;/h16-17,20H,2-15H2,1H3,(H,21,23);2*1H. The number of nitrogens with one attached hydrogen (secondary N) is 2. The monoisotopic (exact) mass is 425 g/mol. The molecule has 3 aliphatic rings. The maximum Gasteiger partial charge on any atom is 0.220 e. The lowest BCUT2D eigenvalue weighted by molar-refractivity contribution is -0.123. The van der Waals surface area contributed by atoms with Crippen molar-refractivity contribution in [2.45, 2.75) is 57.4 Å². The largest absolute Gasteiger partial charge is 0.354 e. The Morgan fingerprint density at radius 1 is 1.23 bits per heavy atom. The molecule has 2 N–H and O–H groups in total. The van der Waals surface area contributed by atoms with Gasteiger partial charge in [0.25, 0.3) is 0 Å². The highest BCUT2D eigenvalue weighted by atomic mass is 35.5. The number of nitrogens with zero attached hydrogens (tertiary/aromatic N) is 1. The molecule has 7 heteroatoms. The smallest absolute Gasteiger partial charge is 0.220 e. The summed E-state index contributed by atoms with van der Waals surface area (Å²) < 4.78 is 0. The second-order valence-electron chi connectivity index (χ2n) is 8.10. The summed E-state index contributed by atoms with van der Waals surface area (Å²) in [5, 5.41) is 6.80. The van der Waals surface area contributed by atoms with Gasteiger partial charge >= 0.3 is 0 Å². The van der Waals surface area contributed by atoms with Crippen LogP contribution in [0, 0.1) is 11.8 Å². The first kappa shape index (κ1) is 24.4. The molecule has 2 atom stereocenters. The first-order valence-corrected chi connectivity index (χ1v) is 11.2. The van der Waals surface area contributed by atoms with Crippen LogP contribution in [0.1, 0.15) is 51.9 Å². The highest BCUT2D eigenvalue weighted by Gasteiger charge is 2.40. The Bertz CT molecular complexity index is 410. The molecular weight excluding hydrogens is 389 g/mol. The Balaban J connectivity index is 0.00000169. The average molecular weight is 426 g/mol. The van der Waals surface area contributed by atoms with Crippen LogP contribution in [0.15, 0.2) is 0 Å². The normalized spacial score (nSPS) is 27.0. The SMILES string of the molecule is CC(CC(=O)NCC1(N2CCSCC2)CCCC1)C1CCCNC1.Cl.Cl. The van der Waals surface area contributed by atoms with E-state index in [0.717, 1.165) is 19.6 Å². The van der Waals surface area contributed by atoms with Gasteiger partial charge in [-0.2, -0.15) is 11.8 Å². The molecule has 3 rings (SSSR count). The lowest BCUT2D eigenvalue weighted by atomic mass is 9.85. The van der Waals surface area contributed by atoms with Crippen molar-refractivity contribution in [3.05, 3.63) is 0 Å². The molecule has 0 spiro atoms. The maximum atomic E-state index is 12.5. The lowest BCUT2D eigenvalue weighted by Crippen LogP contribution is -2.56. The summed E-state index contributed by atoms with van der Waals surface area (Å²) in [5.74, 6) is 3.93. The summed E-state index contributed by atoms with van der Waals surface area (Å²) in [5.41, 5.74) is 0.256. The van der Waals surface area contributed by atoms with E-state index in [2.05, 4.69) is 34.2 Å². The third-order valence-corrected chi connectivity index (χ3v) is 7.42. The van der Waals surface area contributed by atoms with E-state index in [1.165, 1.54) is 63.1 Å². The molecule has 1 saturated carbocycles. The van der Waals surface area contributed by atoms with Crippen molar-refractivity contribution in [1.29, 1.82) is 0 Å². The summed E-state index contributed by atoms with van der Waals surface area (Å²) in [7, 11) is 0. The van der Waals surface area contributed by atoms with Crippen LogP contribution in [0.4, 0.5) is 0 Å². The molecule has 0 radical (unpaired) electrons. The first-order chi connectivity index (χ1) is 11.7. The van der Waals surface area contributed by atoms with E-state index in [0.29, 0.717) is 18.3 Å². The van der Waals surface area contributed by atoms with Crippen molar-refractivity contribution >= 4 is 42.5 Å². The third-order valence-electron chi connectivity index (χ3n) is 6.48. The van der Waals surface area contributed by atoms with E-state index in [1.54, 1.807) is 0 Å². The fraction of sp³-hybridized carbons (Fsp3) is 0.947. The molecule has 2 unspecified atom stereocenters. The molecule has 4 nitrogen and oxygen atoms in total. The zero-order valence-corrected chi connectivity index (χ0v) is 18.6. The molecule has 0 aromatic heterocycles. The van der Waals surface area contributed by atoms with E-state index in [1.807, 2.05) is 0 Å². The fourth-order valence-electron chi connectivity index (χ4n) is 4.83. The summed E-state index contributed by atoms with van der Waals surface area (Å²) in [4.78, 5) is 15.2. The molecule has 1 aliphatic carbocycles. The number of hydrogen-bond acceptors (Lipinski definition) is 4. The molecule has 154 valence electrons. The highest BCUT2D eigenvalue weighted by molar-refractivity contribution is 7.99.